The monoisotopic (exact) mass is 344 g/mol. The Hall–Kier alpha value is -1.91. The largest absolute Gasteiger partial charge is 0.481 e. The zero-order chi connectivity index (χ0) is 16.9. The molecule has 1 aromatic heterocycles. The Balaban J connectivity index is 1.52. The summed E-state index contributed by atoms with van der Waals surface area (Å²) in [4.78, 5) is 17.2. The number of rotatable bonds is 6. The van der Waals surface area contributed by atoms with Crippen LogP contribution in [-0.2, 0) is 24.2 Å². The average Bonchev–Trinajstić information content (AvgIpc) is 2.98. The third-order valence-corrected chi connectivity index (χ3v) is 4.86. The maximum atomic E-state index is 10.7. The van der Waals surface area contributed by atoms with Gasteiger partial charge in [-0.25, -0.2) is 0 Å². The van der Waals surface area contributed by atoms with Crippen LogP contribution in [0.25, 0.3) is 0 Å². The van der Waals surface area contributed by atoms with Gasteiger partial charge in [0.05, 0.1) is 11.4 Å². The molecule has 2 aromatic rings. The first-order valence-electron chi connectivity index (χ1n) is 8.20. The predicted octanol–water partition coefficient (Wildman–Crippen LogP) is 3.43. The van der Waals surface area contributed by atoms with Crippen LogP contribution in [0, 0.1) is 5.92 Å². The van der Waals surface area contributed by atoms with Crippen molar-refractivity contribution in [2.45, 2.75) is 25.8 Å². The van der Waals surface area contributed by atoms with E-state index >= 15 is 0 Å². The van der Waals surface area contributed by atoms with Crippen LogP contribution >= 0.6 is 11.6 Å². The number of carbonyl (C=O) groups is 1. The number of likely N-dealkylation sites (tertiary alicyclic amines) is 1. The molecule has 1 saturated heterocycles. The summed E-state index contributed by atoms with van der Waals surface area (Å²) >= 11 is 6.19. The average molecular weight is 345 g/mol. The third-order valence-electron chi connectivity index (χ3n) is 4.52. The lowest BCUT2D eigenvalue weighted by molar-refractivity contribution is -0.136. The Labute approximate surface area is 147 Å². The van der Waals surface area contributed by atoms with E-state index in [-0.39, 0.29) is 6.42 Å². The number of hydrogen-bond donors (Lipinski definition) is 1. The molecule has 1 aliphatic heterocycles. The van der Waals surface area contributed by atoms with Gasteiger partial charge >= 0.3 is 5.97 Å². The van der Waals surface area contributed by atoms with Crippen LogP contribution in [0.3, 0.4) is 0 Å². The van der Waals surface area contributed by atoms with E-state index in [1.165, 1.54) is 12.0 Å². The molecule has 1 atom stereocenters. The highest BCUT2D eigenvalue weighted by atomic mass is 35.5. The van der Waals surface area contributed by atoms with Crippen molar-refractivity contribution >= 4 is 17.6 Å². The molecule has 1 aromatic carbocycles. The van der Waals surface area contributed by atoms with Gasteiger partial charge in [-0.05, 0) is 48.1 Å². The lowest BCUT2D eigenvalue weighted by atomic mass is 9.97. The Morgan fingerprint density at radius 1 is 1.25 bits per heavy atom. The van der Waals surface area contributed by atoms with E-state index in [9.17, 15) is 4.79 Å². The van der Waals surface area contributed by atoms with Crippen LogP contribution in [0.15, 0.2) is 42.7 Å². The first kappa shape index (κ1) is 16.9. The number of aliphatic carboxylic acids is 1. The minimum absolute atomic E-state index is 0.0875. The normalized spacial score (nSPS) is 18.0. The van der Waals surface area contributed by atoms with E-state index in [0.717, 1.165) is 42.2 Å². The van der Waals surface area contributed by atoms with Gasteiger partial charge in [-0.3, -0.25) is 14.7 Å². The van der Waals surface area contributed by atoms with Crippen molar-refractivity contribution < 1.29 is 9.90 Å². The molecule has 3 rings (SSSR count). The molecule has 1 aliphatic rings. The van der Waals surface area contributed by atoms with Crippen LogP contribution in [0.5, 0.6) is 0 Å². The molecule has 1 unspecified atom stereocenters. The lowest BCUT2D eigenvalue weighted by Gasteiger charge is -2.17. The molecule has 4 nitrogen and oxygen atoms in total. The van der Waals surface area contributed by atoms with Gasteiger partial charge in [0.1, 0.15) is 0 Å². The molecule has 0 spiro atoms. The molecule has 0 radical (unpaired) electrons. The van der Waals surface area contributed by atoms with E-state index in [2.05, 4.69) is 22.0 Å². The smallest absolute Gasteiger partial charge is 0.307 e. The molecule has 1 N–H and O–H groups in total. The van der Waals surface area contributed by atoms with Crippen LogP contribution in [-0.4, -0.2) is 34.0 Å². The Kier molecular flexibility index (Phi) is 5.48. The predicted molar refractivity (Wildman–Crippen MR) is 94.1 cm³/mol. The highest BCUT2D eigenvalue weighted by molar-refractivity contribution is 6.31. The number of benzene rings is 1. The molecule has 0 amide bonds. The van der Waals surface area contributed by atoms with Crippen molar-refractivity contribution in [1.82, 2.24) is 9.88 Å². The summed E-state index contributed by atoms with van der Waals surface area (Å²) < 4.78 is 0. The zero-order valence-corrected chi connectivity index (χ0v) is 14.2. The fourth-order valence-electron chi connectivity index (χ4n) is 3.30. The fourth-order valence-corrected chi connectivity index (χ4v) is 3.48. The molecule has 0 bridgehead atoms. The molecule has 0 saturated carbocycles. The van der Waals surface area contributed by atoms with Crippen LogP contribution < -0.4 is 0 Å². The topological polar surface area (TPSA) is 53.4 Å². The quantitative estimate of drug-likeness (QED) is 0.872. The number of carboxylic acid groups (broad SMARTS) is 1. The first-order valence-corrected chi connectivity index (χ1v) is 8.58. The van der Waals surface area contributed by atoms with Gasteiger partial charge in [-0.2, -0.15) is 0 Å². The van der Waals surface area contributed by atoms with Crippen molar-refractivity contribution in [1.29, 1.82) is 0 Å². The van der Waals surface area contributed by atoms with Gasteiger partial charge in [-0.15, -0.1) is 0 Å². The molecule has 2 heterocycles. The van der Waals surface area contributed by atoms with Gasteiger partial charge < -0.3 is 5.11 Å². The minimum atomic E-state index is -0.788. The summed E-state index contributed by atoms with van der Waals surface area (Å²) in [7, 11) is 0. The zero-order valence-electron chi connectivity index (χ0n) is 13.5. The van der Waals surface area contributed by atoms with Gasteiger partial charge in [-0.1, -0.05) is 35.9 Å². The van der Waals surface area contributed by atoms with E-state index in [1.54, 1.807) is 12.4 Å². The van der Waals surface area contributed by atoms with Crippen LogP contribution in [0.4, 0.5) is 0 Å². The summed E-state index contributed by atoms with van der Waals surface area (Å²) in [6, 6.07) is 9.94. The van der Waals surface area contributed by atoms with Crippen molar-refractivity contribution in [2.24, 2.45) is 5.92 Å². The molecular weight excluding hydrogens is 324 g/mol. The number of pyridine rings is 1. The summed E-state index contributed by atoms with van der Waals surface area (Å²) in [6.45, 7) is 3.02. The second kappa shape index (κ2) is 7.77. The molecule has 1 fully saturated rings. The number of halogens is 1. The summed E-state index contributed by atoms with van der Waals surface area (Å²) in [5, 5.41) is 9.55. The van der Waals surface area contributed by atoms with Crippen molar-refractivity contribution in [2.75, 3.05) is 13.1 Å². The van der Waals surface area contributed by atoms with Crippen LogP contribution in [0.2, 0.25) is 5.02 Å². The fraction of sp³-hybridized carbons (Fsp3) is 0.368. The number of hydrogen-bond acceptors (Lipinski definition) is 3. The standard InChI is InChI=1S/C19H21ClN2O2/c20-18-11-21-7-5-17(18)13-22-8-6-16(12-22)9-14-1-3-15(4-2-14)10-19(23)24/h1-5,7,11,16H,6,8-10,12-13H2,(H,23,24). The third kappa shape index (κ3) is 4.56. The summed E-state index contributed by atoms with van der Waals surface area (Å²) in [6.07, 6.45) is 5.79. The molecule has 24 heavy (non-hydrogen) atoms. The lowest BCUT2D eigenvalue weighted by Crippen LogP contribution is -2.20. The maximum Gasteiger partial charge on any atom is 0.307 e. The van der Waals surface area contributed by atoms with Gasteiger partial charge in [0.25, 0.3) is 0 Å². The number of aromatic nitrogens is 1. The summed E-state index contributed by atoms with van der Waals surface area (Å²) in [5.41, 5.74) is 3.26. The maximum absolute atomic E-state index is 10.7. The Morgan fingerprint density at radius 3 is 2.71 bits per heavy atom. The van der Waals surface area contributed by atoms with Gasteiger partial charge in [0.15, 0.2) is 0 Å². The van der Waals surface area contributed by atoms with Gasteiger partial charge in [0, 0.05) is 25.5 Å². The molecule has 126 valence electrons. The van der Waals surface area contributed by atoms with Crippen LogP contribution in [0.1, 0.15) is 23.1 Å². The Bertz CT molecular complexity index is 703. The Morgan fingerprint density at radius 2 is 2.00 bits per heavy atom. The van der Waals surface area contributed by atoms with E-state index in [0.29, 0.717) is 5.92 Å². The highest BCUT2D eigenvalue weighted by Crippen LogP contribution is 2.24. The number of nitrogens with zero attached hydrogens (tertiary/aromatic N) is 2. The number of carboxylic acids is 1. The van der Waals surface area contributed by atoms with E-state index < -0.39 is 5.97 Å². The minimum Gasteiger partial charge on any atom is -0.481 e. The second-order valence-electron chi connectivity index (χ2n) is 6.45. The molecule has 0 aliphatic carbocycles. The first-order chi connectivity index (χ1) is 11.6. The van der Waals surface area contributed by atoms with Crippen molar-refractivity contribution in [3.8, 4) is 0 Å². The highest BCUT2D eigenvalue weighted by Gasteiger charge is 2.23. The van der Waals surface area contributed by atoms with E-state index in [4.69, 9.17) is 16.7 Å². The SMILES string of the molecule is O=C(O)Cc1ccc(CC2CCN(Cc3ccncc3Cl)C2)cc1. The molecular formula is C19H21ClN2O2. The van der Waals surface area contributed by atoms with E-state index in [1.807, 2.05) is 18.2 Å². The van der Waals surface area contributed by atoms with Gasteiger partial charge in [0.2, 0.25) is 0 Å². The van der Waals surface area contributed by atoms with Crippen molar-refractivity contribution in [3.05, 3.63) is 64.4 Å². The second-order valence-corrected chi connectivity index (χ2v) is 6.86. The molecule has 5 heteroatoms. The summed E-state index contributed by atoms with van der Waals surface area (Å²) in [5.74, 6) is -0.153. The van der Waals surface area contributed by atoms with Crippen molar-refractivity contribution in [3.63, 3.8) is 0 Å².